The molecule has 0 amide bonds. The Balaban J connectivity index is 1.66. The van der Waals surface area contributed by atoms with E-state index in [0.29, 0.717) is 6.54 Å². The topological polar surface area (TPSA) is 67.2 Å². The molecule has 120 valence electrons. The van der Waals surface area contributed by atoms with Crippen molar-refractivity contribution in [2.24, 2.45) is 0 Å². The first-order valence-corrected chi connectivity index (χ1v) is 10.0. The predicted octanol–water partition coefficient (Wildman–Crippen LogP) is 1.44. The first kappa shape index (κ1) is 15.7. The molecule has 2 aromatic rings. The molecule has 3 heterocycles. The van der Waals surface area contributed by atoms with Gasteiger partial charge in [0, 0.05) is 32.4 Å². The molecule has 1 N–H and O–H groups in total. The number of aromatic nitrogens is 2. The Kier molecular flexibility index (Phi) is 4.62. The molecule has 6 nitrogen and oxygen atoms in total. The lowest BCUT2D eigenvalue weighted by Gasteiger charge is -2.33. The molecule has 1 aliphatic heterocycles. The monoisotopic (exact) mass is 340 g/mol. The summed E-state index contributed by atoms with van der Waals surface area (Å²) in [6, 6.07) is 4.39. The van der Waals surface area contributed by atoms with Crippen molar-refractivity contribution in [2.75, 3.05) is 19.3 Å². The maximum atomic E-state index is 11.2. The zero-order chi connectivity index (χ0) is 15.6. The fourth-order valence-electron chi connectivity index (χ4n) is 2.85. The van der Waals surface area contributed by atoms with Crippen LogP contribution < -0.4 is 4.72 Å². The Labute approximate surface area is 134 Å². The summed E-state index contributed by atoms with van der Waals surface area (Å²) >= 11 is 1.71. The molecule has 22 heavy (non-hydrogen) atoms. The minimum Gasteiger partial charge on any atom is -0.291 e. The van der Waals surface area contributed by atoms with Gasteiger partial charge in [-0.25, -0.2) is 13.1 Å². The molecule has 3 rings (SSSR count). The standard InChI is InChI=1S/C14H20N4O2S2/c1-22(19,20)16-6-3-14-10-17(8-12-4-7-21-11-12)9-13-2-5-15-18(13)14/h2,4-5,7,11,14,16H,3,6,8-10H2,1H3/t14-/m1/s1. The van der Waals surface area contributed by atoms with Crippen LogP contribution in [-0.4, -0.2) is 42.4 Å². The Bertz CT molecular complexity index is 709. The van der Waals surface area contributed by atoms with E-state index >= 15 is 0 Å². The van der Waals surface area contributed by atoms with E-state index in [4.69, 9.17) is 0 Å². The van der Waals surface area contributed by atoms with Crippen LogP contribution in [0.5, 0.6) is 0 Å². The van der Waals surface area contributed by atoms with Crippen LogP contribution in [0, 0.1) is 0 Å². The van der Waals surface area contributed by atoms with E-state index in [-0.39, 0.29) is 6.04 Å². The Morgan fingerprint density at radius 3 is 3.05 bits per heavy atom. The largest absolute Gasteiger partial charge is 0.291 e. The smallest absolute Gasteiger partial charge is 0.208 e. The number of hydrogen-bond donors (Lipinski definition) is 1. The summed E-state index contributed by atoms with van der Waals surface area (Å²) in [5.74, 6) is 0. The van der Waals surface area contributed by atoms with Crippen LogP contribution in [0.2, 0.25) is 0 Å². The molecule has 0 radical (unpaired) electrons. The molecule has 0 bridgehead atoms. The van der Waals surface area contributed by atoms with E-state index in [1.807, 2.05) is 16.9 Å². The minimum absolute atomic E-state index is 0.201. The van der Waals surface area contributed by atoms with Gasteiger partial charge in [-0.15, -0.1) is 0 Å². The number of nitrogens with one attached hydrogen (secondary N) is 1. The average Bonchev–Trinajstić information content (AvgIpc) is 3.08. The second-order valence-electron chi connectivity index (χ2n) is 5.68. The van der Waals surface area contributed by atoms with Crippen molar-refractivity contribution >= 4 is 21.4 Å². The second-order valence-corrected chi connectivity index (χ2v) is 8.29. The van der Waals surface area contributed by atoms with Crippen LogP contribution in [0.1, 0.15) is 23.7 Å². The minimum atomic E-state index is -3.14. The summed E-state index contributed by atoms with van der Waals surface area (Å²) in [5.41, 5.74) is 2.51. The Morgan fingerprint density at radius 2 is 2.32 bits per heavy atom. The number of sulfonamides is 1. The van der Waals surface area contributed by atoms with Gasteiger partial charge in [-0.05, 0) is 34.9 Å². The number of hydrogen-bond acceptors (Lipinski definition) is 5. The lowest BCUT2D eigenvalue weighted by molar-refractivity contribution is 0.162. The molecular formula is C14H20N4O2S2. The van der Waals surface area contributed by atoms with Gasteiger partial charge in [-0.2, -0.15) is 16.4 Å². The molecule has 2 aromatic heterocycles. The van der Waals surface area contributed by atoms with Crippen LogP contribution in [0.3, 0.4) is 0 Å². The van der Waals surface area contributed by atoms with E-state index in [2.05, 4.69) is 31.5 Å². The van der Waals surface area contributed by atoms with Crippen molar-refractivity contribution in [1.82, 2.24) is 19.4 Å². The van der Waals surface area contributed by atoms with Crippen LogP contribution >= 0.6 is 11.3 Å². The van der Waals surface area contributed by atoms with E-state index < -0.39 is 10.0 Å². The number of nitrogens with zero attached hydrogens (tertiary/aromatic N) is 3. The summed E-state index contributed by atoms with van der Waals surface area (Å²) in [7, 11) is -3.14. The van der Waals surface area contributed by atoms with Crippen LogP contribution in [0.25, 0.3) is 0 Å². The van der Waals surface area contributed by atoms with Gasteiger partial charge in [-0.1, -0.05) is 0 Å². The predicted molar refractivity (Wildman–Crippen MR) is 87.2 cm³/mol. The summed E-state index contributed by atoms with van der Waals surface area (Å²) in [5, 5.41) is 8.67. The van der Waals surface area contributed by atoms with Gasteiger partial charge in [0.2, 0.25) is 10.0 Å². The van der Waals surface area contributed by atoms with Crippen LogP contribution in [-0.2, 0) is 23.1 Å². The molecule has 0 aliphatic carbocycles. The molecule has 1 atom stereocenters. The van der Waals surface area contributed by atoms with Gasteiger partial charge >= 0.3 is 0 Å². The molecular weight excluding hydrogens is 320 g/mol. The summed E-state index contributed by atoms with van der Waals surface area (Å²) in [4.78, 5) is 2.39. The van der Waals surface area contributed by atoms with Gasteiger partial charge in [0.15, 0.2) is 0 Å². The first-order valence-electron chi connectivity index (χ1n) is 7.22. The Hall–Kier alpha value is -1.22. The molecule has 0 fully saturated rings. The molecule has 0 aromatic carbocycles. The molecule has 0 saturated heterocycles. The second kappa shape index (κ2) is 6.49. The summed E-state index contributed by atoms with van der Waals surface area (Å²) in [6.07, 6.45) is 3.75. The number of thiophene rings is 1. The van der Waals surface area contributed by atoms with Crippen molar-refractivity contribution in [3.63, 3.8) is 0 Å². The normalized spacial score (nSPS) is 19.2. The van der Waals surface area contributed by atoms with E-state index in [1.165, 1.54) is 17.5 Å². The maximum absolute atomic E-state index is 11.2. The Morgan fingerprint density at radius 1 is 1.45 bits per heavy atom. The van der Waals surface area contributed by atoms with Gasteiger partial charge in [0.05, 0.1) is 18.0 Å². The van der Waals surface area contributed by atoms with Crippen molar-refractivity contribution < 1.29 is 8.42 Å². The van der Waals surface area contributed by atoms with Crippen molar-refractivity contribution in [2.45, 2.75) is 25.6 Å². The molecule has 8 heteroatoms. The van der Waals surface area contributed by atoms with Crippen molar-refractivity contribution in [1.29, 1.82) is 0 Å². The lowest BCUT2D eigenvalue weighted by atomic mass is 10.1. The molecule has 1 aliphatic rings. The highest BCUT2D eigenvalue weighted by Gasteiger charge is 2.25. The van der Waals surface area contributed by atoms with Crippen molar-refractivity contribution in [3.8, 4) is 0 Å². The number of rotatable bonds is 6. The fraction of sp³-hybridized carbons (Fsp3) is 0.500. The van der Waals surface area contributed by atoms with E-state index in [1.54, 1.807) is 11.3 Å². The molecule has 0 saturated carbocycles. The average molecular weight is 340 g/mol. The molecule has 0 unspecified atom stereocenters. The summed E-state index contributed by atoms with van der Waals surface area (Å²) < 4.78 is 27.0. The quantitative estimate of drug-likeness (QED) is 0.864. The zero-order valence-electron chi connectivity index (χ0n) is 12.5. The zero-order valence-corrected chi connectivity index (χ0v) is 14.1. The number of fused-ring (bicyclic) bond motifs is 1. The third kappa shape index (κ3) is 3.95. The lowest BCUT2D eigenvalue weighted by Crippen LogP contribution is -2.38. The van der Waals surface area contributed by atoms with Gasteiger partial charge in [0.25, 0.3) is 0 Å². The highest BCUT2D eigenvalue weighted by atomic mass is 32.2. The third-order valence-electron chi connectivity index (χ3n) is 3.78. The van der Waals surface area contributed by atoms with Crippen LogP contribution in [0.15, 0.2) is 29.1 Å². The van der Waals surface area contributed by atoms with Crippen LogP contribution in [0.4, 0.5) is 0 Å². The van der Waals surface area contributed by atoms with E-state index in [0.717, 1.165) is 26.1 Å². The highest BCUT2D eigenvalue weighted by molar-refractivity contribution is 7.88. The molecule has 0 spiro atoms. The highest BCUT2D eigenvalue weighted by Crippen LogP contribution is 2.24. The van der Waals surface area contributed by atoms with E-state index in [9.17, 15) is 8.42 Å². The van der Waals surface area contributed by atoms with Gasteiger partial charge in [-0.3, -0.25) is 9.58 Å². The van der Waals surface area contributed by atoms with Crippen molar-refractivity contribution in [3.05, 3.63) is 40.3 Å². The summed E-state index contributed by atoms with van der Waals surface area (Å²) in [6.45, 7) is 3.13. The fourth-order valence-corrected chi connectivity index (χ4v) is 4.00. The third-order valence-corrected chi connectivity index (χ3v) is 5.24. The van der Waals surface area contributed by atoms with Gasteiger partial charge < -0.3 is 0 Å². The SMILES string of the molecule is CS(=O)(=O)NCC[C@@H]1CN(Cc2ccsc2)Cc2ccnn21. The first-order chi connectivity index (χ1) is 10.5. The maximum Gasteiger partial charge on any atom is 0.208 e. The van der Waals surface area contributed by atoms with Gasteiger partial charge in [0.1, 0.15) is 0 Å².